The Hall–Kier alpha value is -1.80. The summed E-state index contributed by atoms with van der Waals surface area (Å²) >= 11 is 2.02. The van der Waals surface area contributed by atoms with Crippen molar-refractivity contribution >= 4 is 40.4 Å². The molecule has 2 N–H and O–H groups in total. The molecule has 0 spiro atoms. The summed E-state index contributed by atoms with van der Waals surface area (Å²) in [4.78, 5) is 17.9. The molecule has 0 unspecified atom stereocenters. The second kappa shape index (κ2) is 10.0. The maximum Gasteiger partial charge on any atom is 0.229 e. The van der Waals surface area contributed by atoms with E-state index in [0.717, 1.165) is 12.8 Å². The highest BCUT2D eigenvalue weighted by Gasteiger charge is 1.99. The summed E-state index contributed by atoms with van der Waals surface area (Å²) in [6.07, 6.45) is 3.30. The predicted molar refractivity (Wildman–Crippen MR) is 90.5 cm³/mol. The van der Waals surface area contributed by atoms with E-state index in [9.17, 15) is 9.90 Å². The van der Waals surface area contributed by atoms with E-state index >= 15 is 0 Å². The Kier molecular flexibility index (Phi) is 8.22. The minimum atomic E-state index is 0.0259. The highest BCUT2D eigenvalue weighted by Crippen LogP contribution is 2.22. The second-order valence-corrected chi connectivity index (χ2v) is 4.92. The number of amides is 1. The molecule has 8 heteroatoms. The van der Waals surface area contributed by atoms with E-state index in [2.05, 4.69) is 20.3 Å². The van der Waals surface area contributed by atoms with Crippen LogP contribution in [0.15, 0.2) is 28.3 Å². The molecule has 21 heavy (non-hydrogen) atoms. The number of carbonyl (C=O) groups is 1. The predicted octanol–water partition coefficient (Wildman–Crippen LogP) is 3.08. The smallest absolute Gasteiger partial charge is 0.229 e. The number of hydrogen-bond donors (Lipinski definition) is 2. The molecule has 0 radical (unpaired) electrons. The van der Waals surface area contributed by atoms with Crippen molar-refractivity contribution in [3.63, 3.8) is 0 Å². The van der Waals surface area contributed by atoms with Crippen LogP contribution < -0.4 is 5.32 Å². The third-order valence-electron chi connectivity index (χ3n) is 2.56. The molecule has 0 heterocycles. The molecule has 1 aromatic rings. The summed E-state index contributed by atoms with van der Waals surface area (Å²) in [6.45, 7) is 1.28. The van der Waals surface area contributed by atoms with E-state index < -0.39 is 0 Å². The molecular formula is C13H16IN5O2. The van der Waals surface area contributed by atoms with Crippen LogP contribution in [-0.2, 0) is 4.79 Å². The van der Waals surface area contributed by atoms with Gasteiger partial charge in [-0.2, -0.15) is 0 Å². The standard InChI is InChI=1S/C13H16IN5O2/c14-8-13(21)17-6-2-1-5-16-9-10-3-4-11(18-19-15)7-12(10)20/h3-4,7,9,20H,1-2,5-6,8H2,(H,17,21). The number of rotatable bonds is 8. The molecule has 0 bridgehead atoms. The number of phenolic OH excluding ortho intramolecular Hbond substituents is 1. The topological polar surface area (TPSA) is 110 Å². The molecule has 0 saturated heterocycles. The zero-order valence-electron chi connectivity index (χ0n) is 11.4. The van der Waals surface area contributed by atoms with Gasteiger partial charge in [0.15, 0.2) is 0 Å². The molecule has 0 aliphatic heterocycles. The van der Waals surface area contributed by atoms with Gasteiger partial charge in [-0.1, -0.05) is 33.8 Å². The van der Waals surface area contributed by atoms with Crippen molar-refractivity contribution in [2.24, 2.45) is 10.1 Å². The highest BCUT2D eigenvalue weighted by atomic mass is 127. The number of hydrogen-bond acceptors (Lipinski definition) is 4. The first kappa shape index (κ1) is 17.3. The number of aliphatic imine (C=N–C) groups is 1. The van der Waals surface area contributed by atoms with Crippen molar-refractivity contribution in [1.82, 2.24) is 5.32 Å². The van der Waals surface area contributed by atoms with Crippen LogP contribution in [0.3, 0.4) is 0 Å². The lowest BCUT2D eigenvalue weighted by Gasteiger charge is -2.01. The van der Waals surface area contributed by atoms with Crippen LogP contribution in [0.2, 0.25) is 0 Å². The van der Waals surface area contributed by atoms with Gasteiger partial charge in [-0.15, -0.1) is 0 Å². The Labute approximate surface area is 136 Å². The van der Waals surface area contributed by atoms with E-state index in [-0.39, 0.29) is 11.7 Å². The minimum Gasteiger partial charge on any atom is -0.507 e. The fourth-order valence-electron chi connectivity index (χ4n) is 1.52. The van der Waals surface area contributed by atoms with Gasteiger partial charge >= 0.3 is 0 Å². The number of alkyl halides is 1. The lowest BCUT2D eigenvalue weighted by atomic mass is 10.2. The monoisotopic (exact) mass is 401 g/mol. The Balaban J connectivity index is 2.33. The van der Waals surface area contributed by atoms with Crippen LogP contribution in [0, 0.1) is 0 Å². The van der Waals surface area contributed by atoms with E-state index in [1.165, 1.54) is 6.07 Å². The first-order valence-corrected chi connectivity index (χ1v) is 7.90. The maximum absolute atomic E-state index is 11.0. The quantitative estimate of drug-likeness (QED) is 0.133. The average molecular weight is 401 g/mol. The van der Waals surface area contributed by atoms with Gasteiger partial charge in [-0.3, -0.25) is 9.79 Å². The molecule has 0 aliphatic rings. The van der Waals surface area contributed by atoms with E-state index in [4.69, 9.17) is 5.53 Å². The number of unbranched alkanes of at least 4 members (excludes halogenated alkanes) is 1. The molecule has 1 amide bonds. The number of nitrogens with one attached hydrogen (secondary N) is 1. The summed E-state index contributed by atoms with van der Waals surface area (Å²) in [7, 11) is 0. The molecular weight excluding hydrogens is 385 g/mol. The number of benzene rings is 1. The van der Waals surface area contributed by atoms with Crippen LogP contribution in [0.5, 0.6) is 5.75 Å². The van der Waals surface area contributed by atoms with Gasteiger partial charge in [-0.25, -0.2) is 0 Å². The van der Waals surface area contributed by atoms with Crippen molar-refractivity contribution < 1.29 is 9.90 Å². The largest absolute Gasteiger partial charge is 0.507 e. The molecule has 1 aromatic carbocycles. The van der Waals surface area contributed by atoms with Gasteiger partial charge in [0.05, 0.1) is 4.43 Å². The second-order valence-electron chi connectivity index (χ2n) is 4.16. The number of nitrogens with zero attached hydrogens (tertiary/aromatic N) is 4. The number of aromatic hydroxyl groups is 1. The van der Waals surface area contributed by atoms with Gasteiger partial charge in [-0.05, 0) is 30.5 Å². The zero-order valence-corrected chi connectivity index (χ0v) is 13.5. The molecule has 7 nitrogen and oxygen atoms in total. The summed E-state index contributed by atoms with van der Waals surface area (Å²) in [5.41, 5.74) is 9.23. The van der Waals surface area contributed by atoms with Gasteiger partial charge in [0.25, 0.3) is 0 Å². The van der Waals surface area contributed by atoms with Crippen LogP contribution in [0.25, 0.3) is 10.4 Å². The first-order valence-electron chi connectivity index (χ1n) is 6.38. The highest BCUT2D eigenvalue weighted by molar-refractivity contribution is 14.1. The molecule has 0 atom stereocenters. The lowest BCUT2D eigenvalue weighted by Crippen LogP contribution is -2.25. The fraction of sp³-hybridized carbons (Fsp3) is 0.385. The average Bonchev–Trinajstić information content (AvgIpc) is 2.48. The number of phenols is 1. The maximum atomic E-state index is 11.0. The van der Waals surface area contributed by atoms with Gasteiger partial charge < -0.3 is 10.4 Å². The molecule has 0 saturated carbocycles. The van der Waals surface area contributed by atoms with Crippen molar-refractivity contribution in [3.05, 3.63) is 34.2 Å². The van der Waals surface area contributed by atoms with Gasteiger partial charge in [0.2, 0.25) is 5.91 Å². The van der Waals surface area contributed by atoms with Crippen molar-refractivity contribution in [2.45, 2.75) is 12.8 Å². The summed E-state index contributed by atoms with van der Waals surface area (Å²) in [5, 5.41) is 15.9. The van der Waals surface area contributed by atoms with Crippen LogP contribution in [-0.4, -0.2) is 34.7 Å². The molecule has 112 valence electrons. The number of halogens is 1. The summed E-state index contributed by atoms with van der Waals surface area (Å²) in [5.74, 6) is 0.0714. The minimum absolute atomic E-state index is 0.0259. The SMILES string of the molecule is [N-]=[N+]=Nc1ccc(C=NCCCCNC(=O)CI)c(O)c1. The molecule has 1 rings (SSSR count). The fourth-order valence-corrected chi connectivity index (χ4v) is 1.79. The van der Waals surface area contributed by atoms with E-state index in [1.54, 1.807) is 18.3 Å². The van der Waals surface area contributed by atoms with Crippen LogP contribution >= 0.6 is 22.6 Å². The Morgan fingerprint density at radius 1 is 1.48 bits per heavy atom. The molecule has 0 fully saturated rings. The summed E-state index contributed by atoms with van der Waals surface area (Å²) in [6, 6.07) is 4.64. The Bertz CT molecular complexity index is 555. The third kappa shape index (κ3) is 6.96. The van der Waals surface area contributed by atoms with Crippen molar-refractivity contribution in [3.8, 4) is 5.75 Å². The Morgan fingerprint density at radius 3 is 2.95 bits per heavy atom. The molecule has 0 aliphatic carbocycles. The van der Waals surface area contributed by atoms with Gasteiger partial charge in [0.1, 0.15) is 5.75 Å². The van der Waals surface area contributed by atoms with E-state index in [0.29, 0.717) is 28.8 Å². The van der Waals surface area contributed by atoms with Crippen molar-refractivity contribution in [2.75, 3.05) is 17.5 Å². The molecule has 0 aromatic heterocycles. The summed E-state index contributed by atoms with van der Waals surface area (Å²) < 4.78 is 0.473. The normalized spacial score (nSPS) is 10.3. The lowest BCUT2D eigenvalue weighted by molar-refractivity contribution is -0.118. The first-order chi connectivity index (χ1) is 10.2. The van der Waals surface area contributed by atoms with Crippen LogP contribution in [0.4, 0.5) is 5.69 Å². The number of carbonyl (C=O) groups excluding carboxylic acids is 1. The Morgan fingerprint density at radius 2 is 2.29 bits per heavy atom. The zero-order chi connectivity index (χ0) is 15.5. The van der Waals surface area contributed by atoms with Crippen LogP contribution in [0.1, 0.15) is 18.4 Å². The van der Waals surface area contributed by atoms with E-state index in [1.807, 2.05) is 22.6 Å². The number of azide groups is 1. The van der Waals surface area contributed by atoms with Crippen molar-refractivity contribution in [1.29, 1.82) is 0 Å². The van der Waals surface area contributed by atoms with Gasteiger partial charge in [0, 0.05) is 35.5 Å². The third-order valence-corrected chi connectivity index (χ3v) is 3.25.